The lowest BCUT2D eigenvalue weighted by atomic mass is 10.1. The van der Waals surface area contributed by atoms with Gasteiger partial charge in [-0.2, -0.15) is 0 Å². The summed E-state index contributed by atoms with van der Waals surface area (Å²) in [6, 6.07) is 6.85. The third kappa shape index (κ3) is 3.36. The summed E-state index contributed by atoms with van der Waals surface area (Å²) in [7, 11) is 2.01. The van der Waals surface area contributed by atoms with Crippen molar-refractivity contribution in [2.24, 2.45) is 0 Å². The van der Waals surface area contributed by atoms with Gasteiger partial charge >= 0.3 is 0 Å². The number of Topliss-reactive ketones (excluding diaryl/α,β-unsaturated/α-hetero) is 1. The van der Waals surface area contributed by atoms with E-state index in [2.05, 4.69) is 57.4 Å². The number of halogens is 1. The Bertz CT molecular complexity index is 700. The number of ketones is 1. The Morgan fingerprint density at radius 3 is 2.73 bits per heavy atom. The zero-order chi connectivity index (χ0) is 15.9. The van der Waals surface area contributed by atoms with Gasteiger partial charge in [-0.15, -0.1) is 11.3 Å². The van der Waals surface area contributed by atoms with Gasteiger partial charge in [-0.05, 0) is 67.9 Å². The fraction of sp³-hybridized carbons (Fsp3) is 0.471. The molecule has 1 aliphatic rings. The monoisotopic (exact) mass is 380 g/mol. The molecule has 0 unspecified atom stereocenters. The zero-order valence-electron chi connectivity index (χ0n) is 13.2. The molecule has 0 radical (unpaired) electrons. The average Bonchev–Trinajstić information content (AvgIpc) is 3.11. The van der Waals surface area contributed by atoms with E-state index in [9.17, 15) is 4.79 Å². The number of rotatable bonds is 6. The molecule has 0 bridgehead atoms. The van der Waals surface area contributed by atoms with Gasteiger partial charge in [0.15, 0.2) is 5.78 Å². The highest BCUT2D eigenvalue weighted by atomic mass is 79.9. The molecule has 0 amide bonds. The maximum atomic E-state index is 12.6. The number of carbonyl (C=O) groups excluding carboxylic acids is 1. The number of aryl methyl sites for hydroxylation is 1. The number of carbonyl (C=O) groups is 1. The fourth-order valence-electron chi connectivity index (χ4n) is 3.04. The Morgan fingerprint density at radius 1 is 1.41 bits per heavy atom. The number of hydrogen-bond acceptors (Lipinski definition) is 3. The molecule has 0 N–H and O–H groups in total. The third-order valence-electron chi connectivity index (χ3n) is 4.16. The van der Waals surface area contributed by atoms with E-state index in [0.717, 1.165) is 21.6 Å². The molecule has 1 aliphatic carbocycles. The van der Waals surface area contributed by atoms with Crippen LogP contribution in [-0.2, 0) is 6.54 Å². The van der Waals surface area contributed by atoms with Crippen molar-refractivity contribution in [3.8, 4) is 0 Å². The van der Waals surface area contributed by atoms with Crippen molar-refractivity contribution in [3.63, 3.8) is 0 Å². The minimum atomic E-state index is 0.220. The molecule has 2 aromatic rings. The van der Waals surface area contributed by atoms with Crippen LogP contribution in [0.3, 0.4) is 0 Å². The molecule has 0 saturated heterocycles. The highest BCUT2D eigenvalue weighted by Crippen LogP contribution is 2.38. The summed E-state index contributed by atoms with van der Waals surface area (Å²) in [5.41, 5.74) is 3.24. The van der Waals surface area contributed by atoms with Gasteiger partial charge in [0.2, 0.25) is 0 Å². The van der Waals surface area contributed by atoms with E-state index in [0.29, 0.717) is 12.6 Å². The molecule has 0 aromatic carbocycles. The zero-order valence-corrected chi connectivity index (χ0v) is 15.6. The summed E-state index contributed by atoms with van der Waals surface area (Å²) in [6.45, 7) is 5.46. The van der Waals surface area contributed by atoms with E-state index < -0.39 is 0 Å². The SMILES string of the molecule is Cc1cc(C(=O)CN(C)Cc2ccc(Br)s2)c(C)n1C1CC1. The standard InChI is InChI=1S/C17H21BrN2OS/c1-11-8-15(12(2)20(11)13-4-5-13)16(21)10-19(3)9-14-6-7-17(18)22-14/h6-8,13H,4-5,9-10H2,1-3H3. The predicted octanol–water partition coefficient (Wildman–Crippen LogP) is 4.58. The molecule has 2 aromatic heterocycles. The molecule has 5 heteroatoms. The lowest BCUT2D eigenvalue weighted by molar-refractivity contribution is 0.0943. The molecule has 2 heterocycles. The molecule has 1 fully saturated rings. The Kier molecular flexibility index (Phi) is 4.57. The van der Waals surface area contributed by atoms with Crippen molar-refractivity contribution in [1.29, 1.82) is 0 Å². The molecule has 0 atom stereocenters. The minimum Gasteiger partial charge on any atom is -0.345 e. The lowest BCUT2D eigenvalue weighted by Gasteiger charge is -2.14. The largest absolute Gasteiger partial charge is 0.345 e. The van der Waals surface area contributed by atoms with Gasteiger partial charge in [0.05, 0.1) is 10.3 Å². The number of thiophene rings is 1. The van der Waals surface area contributed by atoms with Crippen LogP contribution in [-0.4, -0.2) is 28.8 Å². The van der Waals surface area contributed by atoms with Gasteiger partial charge in [0, 0.05) is 34.4 Å². The molecule has 3 rings (SSSR count). The Morgan fingerprint density at radius 2 is 2.14 bits per heavy atom. The first-order chi connectivity index (χ1) is 10.5. The van der Waals surface area contributed by atoms with Crippen LogP contribution in [0.25, 0.3) is 0 Å². The number of hydrogen-bond donors (Lipinski definition) is 0. The van der Waals surface area contributed by atoms with Gasteiger partial charge in [0.1, 0.15) is 0 Å². The van der Waals surface area contributed by atoms with Gasteiger partial charge in [-0.1, -0.05) is 0 Å². The first-order valence-electron chi connectivity index (χ1n) is 7.60. The maximum absolute atomic E-state index is 12.6. The predicted molar refractivity (Wildman–Crippen MR) is 94.9 cm³/mol. The molecule has 0 spiro atoms. The second kappa shape index (κ2) is 6.30. The van der Waals surface area contributed by atoms with Crippen molar-refractivity contribution >= 4 is 33.0 Å². The fourth-order valence-corrected chi connectivity index (χ4v) is 4.61. The van der Waals surface area contributed by atoms with Crippen molar-refractivity contribution in [2.45, 2.75) is 39.3 Å². The van der Waals surface area contributed by atoms with Crippen LogP contribution in [0.15, 0.2) is 22.0 Å². The Hall–Kier alpha value is -0.910. The third-order valence-corrected chi connectivity index (χ3v) is 5.77. The van der Waals surface area contributed by atoms with Crippen LogP contribution < -0.4 is 0 Å². The van der Waals surface area contributed by atoms with Crippen LogP contribution in [0.1, 0.15) is 45.5 Å². The summed E-state index contributed by atoms with van der Waals surface area (Å²) >= 11 is 5.20. The summed E-state index contributed by atoms with van der Waals surface area (Å²) in [5.74, 6) is 0.220. The molecular weight excluding hydrogens is 360 g/mol. The molecule has 22 heavy (non-hydrogen) atoms. The second-order valence-corrected chi connectivity index (χ2v) is 8.73. The van der Waals surface area contributed by atoms with Gasteiger partial charge in [0.25, 0.3) is 0 Å². The smallest absolute Gasteiger partial charge is 0.178 e. The van der Waals surface area contributed by atoms with Crippen LogP contribution in [0.4, 0.5) is 0 Å². The van der Waals surface area contributed by atoms with Crippen molar-refractivity contribution in [1.82, 2.24) is 9.47 Å². The first-order valence-corrected chi connectivity index (χ1v) is 9.21. The summed E-state index contributed by atoms with van der Waals surface area (Å²) in [6.07, 6.45) is 2.49. The van der Waals surface area contributed by atoms with Gasteiger partial charge < -0.3 is 4.57 Å². The van der Waals surface area contributed by atoms with Crippen molar-refractivity contribution < 1.29 is 4.79 Å². The molecule has 3 nitrogen and oxygen atoms in total. The summed E-state index contributed by atoms with van der Waals surface area (Å²) in [4.78, 5) is 16.0. The van der Waals surface area contributed by atoms with E-state index >= 15 is 0 Å². The lowest BCUT2D eigenvalue weighted by Crippen LogP contribution is -2.25. The Balaban J connectivity index is 1.67. The number of nitrogens with zero attached hydrogens (tertiary/aromatic N) is 2. The number of aromatic nitrogens is 1. The molecule has 118 valence electrons. The molecule has 1 saturated carbocycles. The quantitative estimate of drug-likeness (QED) is 0.685. The van der Waals surface area contributed by atoms with Crippen molar-refractivity contribution in [2.75, 3.05) is 13.6 Å². The van der Waals surface area contributed by atoms with Gasteiger partial charge in [-0.25, -0.2) is 0 Å². The highest BCUT2D eigenvalue weighted by Gasteiger charge is 2.28. The maximum Gasteiger partial charge on any atom is 0.178 e. The summed E-state index contributed by atoms with van der Waals surface area (Å²) < 4.78 is 3.47. The van der Waals surface area contributed by atoms with E-state index in [1.165, 1.54) is 23.4 Å². The average molecular weight is 381 g/mol. The highest BCUT2D eigenvalue weighted by molar-refractivity contribution is 9.11. The first kappa shape index (κ1) is 16.0. The minimum absolute atomic E-state index is 0.220. The van der Waals surface area contributed by atoms with Crippen LogP contribution in [0, 0.1) is 13.8 Å². The van der Waals surface area contributed by atoms with E-state index in [4.69, 9.17) is 0 Å². The number of likely N-dealkylation sites (N-methyl/N-ethyl adjacent to an activating group) is 1. The topological polar surface area (TPSA) is 25.2 Å². The van der Waals surface area contributed by atoms with Crippen LogP contribution in [0.2, 0.25) is 0 Å². The van der Waals surface area contributed by atoms with Crippen LogP contribution >= 0.6 is 27.3 Å². The molecule has 0 aliphatic heterocycles. The summed E-state index contributed by atoms with van der Waals surface area (Å²) in [5, 5.41) is 0. The van der Waals surface area contributed by atoms with Crippen LogP contribution in [0.5, 0.6) is 0 Å². The molecular formula is C17H21BrN2OS. The van der Waals surface area contributed by atoms with E-state index in [1.54, 1.807) is 11.3 Å². The normalized spacial score (nSPS) is 14.8. The Labute approximate surface area is 144 Å². The van der Waals surface area contributed by atoms with E-state index in [-0.39, 0.29) is 5.78 Å². The second-order valence-electron chi connectivity index (χ2n) is 6.19. The van der Waals surface area contributed by atoms with Gasteiger partial charge in [-0.3, -0.25) is 9.69 Å². The van der Waals surface area contributed by atoms with E-state index in [1.807, 2.05) is 7.05 Å². The van der Waals surface area contributed by atoms with Crippen molar-refractivity contribution in [3.05, 3.63) is 43.8 Å².